The van der Waals surface area contributed by atoms with Gasteiger partial charge in [-0.15, -0.1) is 0 Å². The molecule has 0 amide bonds. The summed E-state index contributed by atoms with van der Waals surface area (Å²) in [6.45, 7) is 2.56. The van der Waals surface area contributed by atoms with Crippen LogP contribution in [0.2, 0.25) is 0 Å². The SMILES string of the molecule is CN(CCCCCC(=O)OC(=O)CCCCCN)Cc1ccccc1. The van der Waals surface area contributed by atoms with Crippen LogP contribution in [0.4, 0.5) is 0 Å². The Morgan fingerprint density at radius 1 is 0.920 bits per heavy atom. The Hall–Kier alpha value is -1.72. The smallest absolute Gasteiger partial charge is 0.313 e. The fourth-order valence-electron chi connectivity index (χ4n) is 2.62. The Bertz CT molecular complexity index is 491. The third-order valence-electron chi connectivity index (χ3n) is 4.03. The molecule has 0 saturated carbocycles. The Labute approximate surface area is 151 Å². The van der Waals surface area contributed by atoms with Crippen LogP contribution in [0.1, 0.15) is 56.9 Å². The van der Waals surface area contributed by atoms with Crippen LogP contribution < -0.4 is 5.73 Å². The standard InChI is InChI=1S/C20H32N2O3/c1-22(17-18-11-5-2-6-12-18)16-10-4-8-14-20(24)25-19(23)13-7-3-9-15-21/h2,5-6,11-12H,3-4,7-10,13-17,21H2,1H3. The minimum Gasteiger partial charge on any atom is -0.393 e. The normalized spacial score (nSPS) is 10.8. The van der Waals surface area contributed by atoms with Gasteiger partial charge in [-0.3, -0.25) is 9.59 Å². The summed E-state index contributed by atoms with van der Waals surface area (Å²) in [7, 11) is 2.10. The van der Waals surface area contributed by atoms with E-state index < -0.39 is 11.9 Å². The van der Waals surface area contributed by atoms with Gasteiger partial charge in [-0.2, -0.15) is 0 Å². The van der Waals surface area contributed by atoms with Crippen LogP contribution in [0.5, 0.6) is 0 Å². The van der Waals surface area contributed by atoms with E-state index in [9.17, 15) is 9.59 Å². The number of hydrogen-bond acceptors (Lipinski definition) is 5. The van der Waals surface area contributed by atoms with Crippen LogP contribution in [-0.4, -0.2) is 37.0 Å². The molecule has 5 nitrogen and oxygen atoms in total. The summed E-state index contributed by atoms with van der Waals surface area (Å²) in [6.07, 6.45) is 5.90. The predicted octanol–water partition coefficient (Wildman–Crippen LogP) is 3.27. The van der Waals surface area contributed by atoms with Crippen LogP contribution in [0.15, 0.2) is 30.3 Å². The molecule has 0 atom stereocenters. The average Bonchev–Trinajstić information content (AvgIpc) is 2.59. The zero-order chi connectivity index (χ0) is 18.3. The molecule has 0 aliphatic heterocycles. The van der Waals surface area contributed by atoms with E-state index >= 15 is 0 Å². The highest BCUT2D eigenvalue weighted by molar-refractivity contribution is 5.85. The summed E-state index contributed by atoms with van der Waals surface area (Å²) in [4.78, 5) is 25.4. The monoisotopic (exact) mass is 348 g/mol. The Balaban J connectivity index is 2.01. The van der Waals surface area contributed by atoms with E-state index in [1.807, 2.05) is 18.2 Å². The number of esters is 2. The van der Waals surface area contributed by atoms with Crippen LogP contribution in [0, 0.1) is 0 Å². The molecular formula is C20H32N2O3. The molecule has 0 fully saturated rings. The summed E-state index contributed by atoms with van der Waals surface area (Å²) in [5, 5.41) is 0. The van der Waals surface area contributed by atoms with Crippen molar-refractivity contribution in [1.82, 2.24) is 4.90 Å². The molecule has 0 bridgehead atoms. The van der Waals surface area contributed by atoms with Gasteiger partial charge in [0.05, 0.1) is 0 Å². The summed E-state index contributed by atoms with van der Waals surface area (Å²) < 4.78 is 4.82. The molecule has 25 heavy (non-hydrogen) atoms. The van der Waals surface area contributed by atoms with E-state index in [-0.39, 0.29) is 0 Å². The summed E-state index contributed by atoms with van der Waals surface area (Å²) >= 11 is 0. The summed E-state index contributed by atoms with van der Waals surface area (Å²) in [5.41, 5.74) is 6.69. The highest BCUT2D eigenvalue weighted by Gasteiger charge is 2.10. The number of unbranched alkanes of at least 4 members (excludes halogenated alkanes) is 4. The fraction of sp³-hybridized carbons (Fsp3) is 0.600. The second-order valence-electron chi connectivity index (χ2n) is 6.48. The van der Waals surface area contributed by atoms with Gasteiger partial charge >= 0.3 is 11.9 Å². The van der Waals surface area contributed by atoms with Crippen LogP contribution in [0.25, 0.3) is 0 Å². The second-order valence-corrected chi connectivity index (χ2v) is 6.48. The van der Waals surface area contributed by atoms with Crippen molar-refractivity contribution in [2.45, 2.75) is 57.9 Å². The van der Waals surface area contributed by atoms with Gasteiger partial charge in [0.15, 0.2) is 0 Å². The number of ether oxygens (including phenoxy) is 1. The number of carbonyl (C=O) groups is 2. The number of carbonyl (C=O) groups excluding carboxylic acids is 2. The molecule has 1 rings (SSSR count). The van der Waals surface area contributed by atoms with Crippen molar-refractivity contribution in [3.63, 3.8) is 0 Å². The third kappa shape index (κ3) is 11.5. The summed E-state index contributed by atoms with van der Waals surface area (Å²) in [6, 6.07) is 10.4. The third-order valence-corrected chi connectivity index (χ3v) is 4.03. The number of benzene rings is 1. The number of hydrogen-bond donors (Lipinski definition) is 1. The van der Waals surface area contributed by atoms with Crippen molar-refractivity contribution in [3.8, 4) is 0 Å². The molecule has 0 spiro atoms. The first-order valence-electron chi connectivity index (χ1n) is 9.28. The van der Waals surface area contributed by atoms with E-state index in [4.69, 9.17) is 10.5 Å². The summed E-state index contributed by atoms with van der Waals surface area (Å²) in [5.74, 6) is -0.814. The molecule has 0 aliphatic carbocycles. The molecule has 0 aliphatic rings. The zero-order valence-electron chi connectivity index (χ0n) is 15.4. The van der Waals surface area contributed by atoms with Gasteiger partial charge in [0.25, 0.3) is 0 Å². The minimum atomic E-state index is -0.412. The molecule has 0 saturated heterocycles. The van der Waals surface area contributed by atoms with E-state index in [0.717, 1.165) is 51.6 Å². The first kappa shape index (κ1) is 21.3. The Kier molecular flexibility index (Phi) is 11.6. The van der Waals surface area contributed by atoms with Crippen molar-refractivity contribution in [3.05, 3.63) is 35.9 Å². The maximum atomic E-state index is 11.6. The highest BCUT2D eigenvalue weighted by atomic mass is 16.6. The lowest BCUT2D eigenvalue weighted by molar-refractivity contribution is -0.159. The number of rotatable bonds is 13. The second kappa shape index (κ2) is 13.6. The number of nitrogens with zero attached hydrogens (tertiary/aromatic N) is 1. The maximum absolute atomic E-state index is 11.6. The van der Waals surface area contributed by atoms with E-state index in [2.05, 4.69) is 24.1 Å². The topological polar surface area (TPSA) is 72.6 Å². The minimum absolute atomic E-state index is 0.302. The molecule has 5 heteroatoms. The Morgan fingerprint density at radius 3 is 2.12 bits per heavy atom. The molecule has 2 N–H and O–H groups in total. The van der Waals surface area contributed by atoms with Gasteiger partial charge in [0.2, 0.25) is 0 Å². The van der Waals surface area contributed by atoms with Crippen LogP contribution >= 0.6 is 0 Å². The van der Waals surface area contributed by atoms with Crippen molar-refractivity contribution in [1.29, 1.82) is 0 Å². The number of nitrogens with two attached hydrogens (primary N) is 1. The van der Waals surface area contributed by atoms with E-state index in [1.165, 1.54) is 5.56 Å². The molecular weight excluding hydrogens is 316 g/mol. The predicted molar refractivity (Wildman–Crippen MR) is 99.9 cm³/mol. The first-order chi connectivity index (χ1) is 12.1. The quantitative estimate of drug-likeness (QED) is 0.336. The van der Waals surface area contributed by atoms with Gasteiger partial charge in [-0.25, -0.2) is 0 Å². The van der Waals surface area contributed by atoms with Crippen LogP contribution in [0.3, 0.4) is 0 Å². The lowest BCUT2D eigenvalue weighted by atomic mass is 10.1. The van der Waals surface area contributed by atoms with Gasteiger partial charge in [0.1, 0.15) is 0 Å². The fourth-order valence-corrected chi connectivity index (χ4v) is 2.62. The zero-order valence-corrected chi connectivity index (χ0v) is 15.4. The molecule has 0 aromatic heterocycles. The van der Waals surface area contributed by atoms with Gasteiger partial charge < -0.3 is 15.4 Å². The first-order valence-corrected chi connectivity index (χ1v) is 9.28. The molecule has 1 aromatic rings. The average molecular weight is 348 g/mol. The van der Waals surface area contributed by atoms with Crippen molar-refractivity contribution >= 4 is 11.9 Å². The van der Waals surface area contributed by atoms with Gasteiger partial charge in [-0.05, 0) is 51.4 Å². The lowest BCUT2D eigenvalue weighted by Gasteiger charge is -2.16. The lowest BCUT2D eigenvalue weighted by Crippen LogP contribution is -2.19. The maximum Gasteiger partial charge on any atom is 0.313 e. The highest BCUT2D eigenvalue weighted by Crippen LogP contribution is 2.07. The Morgan fingerprint density at radius 2 is 1.52 bits per heavy atom. The van der Waals surface area contributed by atoms with Gasteiger partial charge in [-0.1, -0.05) is 43.2 Å². The van der Waals surface area contributed by atoms with Crippen molar-refractivity contribution in [2.24, 2.45) is 5.73 Å². The molecule has 0 unspecified atom stereocenters. The van der Waals surface area contributed by atoms with Crippen LogP contribution in [-0.2, 0) is 20.9 Å². The molecule has 0 radical (unpaired) electrons. The molecule has 1 aromatic carbocycles. The van der Waals surface area contributed by atoms with Crippen molar-refractivity contribution in [2.75, 3.05) is 20.1 Å². The van der Waals surface area contributed by atoms with E-state index in [0.29, 0.717) is 19.4 Å². The van der Waals surface area contributed by atoms with Gasteiger partial charge in [0, 0.05) is 19.4 Å². The molecule has 140 valence electrons. The van der Waals surface area contributed by atoms with E-state index in [1.54, 1.807) is 0 Å². The largest absolute Gasteiger partial charge is 0.393 e. The van der Waals surface area contributed by atoms with Crippen molar-refractivity contribution < 1.29 is 14.3 Å². The molecule has 0 heterocycles.